The molecule has 0 aromatic carbocycles. The molecule has 0 aliphatic heterocycles. The Balaban J connectivity index is 2.78. The van der Waals surface area contributed by atoms with Crippen LogP contribution in [-0.2, 0) is 19.4 Å². The number of hydrogen-bond acceptors (Lipinski definition) is 4. The van der Waals surface area contributed by atoms with Gasteiger partial charge >= 0.3 is 0 Å². The standard InChI is InChI=1S/C12H22O4S/c1-12(2,16-3)11(13)9-6-5-7-10(8-9)17(4,14)15/h9-10H,5-8H2,1-4H3. The highest BCUT2D eigenvalue weighted by Gasteiger charge is 2.38. The van der Waals surface area contributed by atoms with Gasteiger partial charge in [0, 0.05) is 19.3 Å². The molecule has 100 valence electrons. The van der Waals surface area contributed by atoms with E-state index in [4.69, 9.17) is 4.74 Å². The molecule has 0 N–H and O–H groups in total. The number of carbonyl (C=O) groups is 1. The van der Waals surface area contributed by atoms with Crippen molar-refractivity contribution in [2.75, 3.05) is 13.4 Å². The molecular weight excluding hydrogens is 240 g/mol. The zero-order valence-electron chi connectivity index (χ0n) is 11.0. The molecule has 0 spiro atoms. The number of hydrogen-bond donors (Lipinski definition) is 0. The largest absolute Gasteiger partial charge is 0.371 e. The molecule has 2 unspecified atom stereocenters. The van der Waals surface area contributed by atoms with Crippen LogP contribution >= 0.6 is 0 Å². The van der Waals surface area contributed by atoms with Gasteiger partial charge in [-0.1, -0.05) is 6.42 Å². The first-order valence-electron chi connectivity index (χ1n) is 5.97. The van der Waals surface area contributed by atoms with Gasteiger partial charge in [0.25, 0.3) is 0 Å². The van der Waals surface area contributed by atoms with E-state index >= 15 is 0 Å². The summed E-state index contributed by atoms with van der Waals surface area (Å²) < 4.78 is 28.2. The van der Waals surface area contributed by atoms with Crippen molar-refractivity contribution >= 4 is 15.6 Å². The van der Waals surface area contributed by atoms with Crippen LogP contribution in [-0.4, -0.2) is 38.4 Å². The van der Waals surface area contributed by atoms with Crippen LogP contribution in [0.2, 0.25) is 0 Å². The maximum absolute atomic E-state index is 12.2. The molecule has 0 bridgehead atoms. The molecule has 1 aliphatic carbocycles. The molecule has 0 heterocycles. The second-order valence-corrected chi connectivity index (χ2v) is 7.72. The van der Waals surface area contributed by atoms with E-state index in [0.29, 0.717) is 12.8 Å². The van der Waals surface area contributed by atoms with Gasteiger partial charge in [-0.3, -0.25) is 4.79 Å². The van der Waals surface area contributed by atoms with Crippen molar-refractivity contribution in [1.29, 1.82) is 0 Å². The molecule has 0 aromatic heterocycles. The van der Waals surface area contributed by atoms with Gasteiger partial charge in [0.05, 0.1) is 5.25 Å². The summed E-state index contributed by atoms with van der Waals surface area (Å²) in [5.74, 6) is -0.160. The monoisotopic (exact) mass is 262 g/mol. The number of methoxy groups -OCH3 is 1. The van der Waals surface area contributed by atoms with Crippen LogP contribution in [0.15, 0.2) is 0 Å². The Labute approximate surface area is 104 Å². The zero-order valence-corrected chi connectivity index (χ0v) is 11.8. The minimum atomic E-state index is -3.04. The molecule has 1 fully saturated rings. The average Bonchev–Trinajstić information content (AvgIpc) is 2.27. The number of carbonyl (C=O) groups excluding carboxylic acids is 1. The van der Waals surface area contributed by atoms with E-state index < -0.39 is 15.4 Å². The lowest BCUT2D eigenvalue weighted by atomic mass is 9.80. The minimum Gasteiger partial charge on any atom is -0.371 e. The van der Waals surface area contributed by atoms with Crippen LogP contribution in [0.4, 0.5) is 0 Å². The summed E-state index contributed by atoms with van der Waals surface area (Å²) in [6.45, 7) is 3.47. The fourth-order valence-electron chi connectivity index (χ4n) is 2.36. The molecule has 0 saturated heterocycles. The molecular formula is C12H22O4S. The Morgan fingerprint density at radius 2 is 1.88 bits per heavy atom. The van der Waals surface area contributed by atoms with Crippen molar-refractivity contribution in [3.8, 4) is 0 Å². The summed E-state index contributed by atoms with van der Waals surface area (Å²) in [5, 5.41) is -0.363. The number of sulfone groups is 1. The Morgan fingerprint density at radius 3 is 2.35 bits per heavy atom. The van der Waals surface area contributed by atoms with Gasteiger partial charge in [0.2, 0.25) is 0 Å². The van der Waals surface area contributed by atoms with Gasteiger partial charge in [-0.05, 0) is 33.1 Å². The smallest absolute Gasteiger partial charge is 0.167 e. The predicted molar refractivity (Wildman–Crippen MR) is 66.7 cm³/mol. The Kier molecular flexibility index (Phi) is 4.36. The number of Topliss-reactive ketones (excluding diaryl/α,β-unsaturated/α-hetero) is 1. The molecule has 1 aliphatic rings. The lowest BCUT2D eigenvalue weighted by molar-refractivity contribution is -0.142. The third-order valence-electron chi connectivity index (χ3n) is 3.71. The summed E-state index contributed by atoms with van der Waals surface area (Å²) in [7, 11) is -1.53. The van der Waals surface area contributed by atoms with E-state index in [-0.39, 0.29) is 17.0 Å². The Bertz CT molecular complexity index is 383. The molecule has 0 aromatic rings. The van der Waals surface area contributed by atoms with Crippen molar-refractivity contribution in [2.45, 2.75) is 50.4 Å². The average molecular weight is 262 g/mol. The highest BCUT2D eigenvalue weighted by Crippen LogP contribution is 2.32. The first-order valence-corrected chi connectivity index (χ1v) is 7.92. The van der Waals surface area contributed by atoms with Crippen LogP contribution in [0.1, 0.15) is 39.5 Å². The second kappa shape index (κ2) is 5.06. The van der Waals surface area contributed by atoms with Crippen molar-refractivity contribution in [3.63, 3.8) is 0 Å². The Morgan fingerprint density at radius 1 is 1.29 bits per heavy atom. The summed E-state index contributed by atoms with van der Waals surface area (Å²) >= 11 is 0. The molecule has 0 amide bonds. The highest BCUT2D eigenvalue weighted by molar-refractivity contribution is 7.91. The third-order valence-corrected chi connectivity index (χ3v) is 5.35. The van der Waals surface area contributed by atoms with Crippen LogP contribution in [0.3, 0.4) is 0 Å². The van der Waals surface area contributed by atoms with E-state index in [1.807, 2.05) is 0 Å². The normalized spacial score (nSPS) is 26.8. The number of rotatable bonds is 4. The molecule has 5 heteroatoms. The lowest BCUT2D eigenvalue weighted by Gasteiger charge is -2.32. The van der Waals surface area contributed by atoms with Crippen LogP contribution in [0.5, 0.6) is 0 Å². The van der Waals surface area contributed by atoms with E-state index in [2.05, 4.69) is 0 Å². The predicted octanol–water partition coefficient (Wildman–Crippen LogP) is 1.58. The topological polar surface area (TPSA) is 60.4 Å². The maximum atomic E-state index is 12.2. The van der Waals surface area contributed by atoms with Crippen molar-refractivity contribution < 1.29 is 17.9 Å². The van der Waals surface area contributed by atoms with Gasteiger partial charge in [-0.15, -0.1) is 0 Å². The SMILES string of the molecule is COC(C)(C)C(=O)C1CCCC(S(C)(=O)=O)C1. The molecule has 17 heavy (non-hydrogen) atoms. The molecule has 4 nitrogen and oxygen atoms in total. The number of ketones is 1. The van der Waals surface area contributed by atoms with Gasteiger partial charge in [-0.2, -0.15) is 0 Å². The fraction of sp³-hybridized carbons (Fsp3) is 0.917. The maximum Gasteiger partial charge on any atom is 0.167 e. The lowest BCUT2D eigenvalue weighted by Crippen LogP contribution is -2.42. The summed E-state index contributed by atoms with van der Waals surface area (Å²) in [4.78, 5) is 12.2. The van der Waals surface area contributed by atoms with E-state index in [1.54, 1.807) is 13.8 Å². The highest BCUT2D eigenvalue weighted by atomic mass is 32.2. The third kappa shape index (κ3) is 3.52. The minimum absolute atomic E-state index is 0.0216. The van der Waals surface area contributed by atoms with Crippen LogP contribution < -0.4 is 0 Å². The van der Waals surface area contributed by atoms with E-state index in [1.165, 1.54) is 13.4 Å². The second-order valence-electron chi connectivity index (χ2n) is 5.39. The van der Waals surface area contributed by atoms with Crippen LogP contribution in [0, 0.1) is 5.92 Å². The quantitative estimate of drug-likeness (QED) is 0.772. The van der Waals surface area contributed by atoms with Crippen LogP contribution in [0.25, 0.3) is 0 Å². The molecule has 2 atom stereocenters. The van der Waals surface area contributed by atoms with Crippen molar-refractivity contribution in [1.82, 2.24) is 0 Å². The van der Waals surface area contributed by atoms with Crippen molar-refractivity contribution in [3.05, 3.63) is 0 Å². The van der Waals surface area contributed by atoms with E-state index in [0.717, 1.165) is 12.8 Å². The van der Waals surface area contributed by atoms with Gasteiger partial charge in [0.1, 0.15) is 15.4 Å². The Hall–Kier alpha value is -0.420. The fourth-order valence-corrected chi connectivity index (χ4v) is 3.54. The molecule has 0 radical (unpaired) electrons. The summed E-state index contributed by atoms with van der Waals surface area (Å²) in [5.41, 5.74) is -0.815. The molecule has 1 rings (SSSR count). The first-order chi connectivity index (χ1) is 7.68. The number of ether oxygens (including phenoxy) is 1. The summed E-state index contributed by atoms with van der Waals surface area (Å²) in [6, 6.07) is 0. The molecule has 1 saturated carbocycles. The first kappa shape index (κ1) is 14.6. The van der Waals surface area contributed by atoms with Gasteiger partial charge in [-0.25, -0.2) is 8.42 Å². The van der Waals surface area contributed by atoms with Gasteiger partial charge < -0.3 is 4.74 Å². The zero-order chi connectivity index (χ0) is 13.3. The van der Waals surface area contributed by atoms with Gasteiger partial charge in [0.15, 0.2) is 5.78 Å². The van der Waals surface area contributed by atoms with Crippen molar-refractivity contribution in [2.24, 2.45) is 5.92 Å². The van der Waals surface area contributed by atoms with E-state index in [9.17, 15) is 13.2 Å². The summed E-state index contributed by atoms with van der Waals surface area (Å²) in [6.07, 6.45) is 3.96.